The summed E-state index contributed by atoms with van der Waals surface area (Å²) in [4.78, 5) is 51.2. The first-order chi connectivity index (χ1) is 18.8. The largest absolute Gasteiger partial charge is 0.455 e. The van der Waals surface area contributed by atoms with E-state index in [0.29, 0.717) is 12.8 Å². The normalized spacial score (nSPS) is 20.7. The van der Waals surface area contributed by atoms with Crippen molar-refractivity contribution in [2.24, 2.45) is 0 Å². The average Bonchev–Trinajstić information content (AvgIpc) is 3.19. The molecule has 10 heteroatoms. The van der Waals surface area contributed by atoms with Gasteiger partial charge in [0, 0.05) is 12.8 Å². The van der Waals surface area contributed by atoms with E-state index in [9.17, 15) is 23.6 Å². The van der Waals surface area contributed by atoms with E-state index in [-0.39, 0.29) is 12.8 Å². The zero-order chi connectivity index (χ0) is 28.6. The smallest absolute Gasteiger partial charge is 0.330 e. The molecule has 1 saturated heterocycles. The van der Waals surface area contributed by atoms with Crippen molar-refractivity contribution in [1.82, 2.24) is 9.55 Å². The van der Waals surface area contributed by atoms with Crippen LogP contribution in [0.15, 0.2) is 15.8 Å². The Balaban J connectivity index is 2.02. The fourth-order valence-electron chi connectivity index (χ4n) is 4.84. The van der Waals surface area contributed by atoms with Gasteiger partial charge in [0.15, 0.2) is 18.4 Å². The van der Waals surface area contributed by atoms with E-state index in [4.69, 9.17) is 14.2 Å². The molecule has 0 aliphatic carbocycles. The molecule has 2 heterocycles. The van der Waals surface area contributed by atoms with Crippen LogP contribution in [-0.4, -0.2) is 39.8 Å². The predicted molar refractivity (Wildman–Crippen MR) is 146 cm³/mol. The number of unbranched alkanes of at least 4 members (excludes halogenated alkanes) is 12. The number of halogens is 1. The highest BCUT2D eigenvalue weighted by Gasteiger charge is 2.49. The van der Waals surface area contributed by atoms with Crippen molar-refractivity contribution in [3.8, 4) is 0 Å². The Bertz CT molecular complexity index is 993. The molecule has 2 rings (SSSR count). The Labute approximate surface area is 230 Å². The van der Waals surface area contributed by atoms with Crippen LogP contribution in [-0.2, 0) is 23.8 Å². The summed E-state index contributed by atoms with van der Waals surface area (Å²) in [6, 6.07) is 0. The van der Waals surface area contributed by atoms with E-state index in [2.05, 4.69) is 13.8 Å². The number of hydrogen-bond acceptors (Lipinski definition) is 7. The number of rotatable bonds is 19. The van der Waals surface area contributed by atoms with Crippen LogP contribution in [0.5, 0.6) is 0 Å². The number of ether oxygens (including phenoxy) is 3. The Morgan fingerprint density at radius 1 is 0.821 bits per heavy atom. The van der Waals surface area contributed by atoms with E-state index >= 15 is 0 Å². The minimum absolute atomic E-state index is 0.166. The van der Waals surface area contributed by atoms with Crippen molar-refractivity contribution in [2.45, 2.75) is 148 Å². The maximum absolute atomic E-state index is 14.0. The number of nitrogens with one attached hydrogen (secondary N) is 1. The molecule has 4 atom stereocenters. The summed E-state index contributed by atoms with van der Waals surface area (Å²) in [5.74, 6) is -2.14. The zero-order valence-electron chi connectivity index (χ0n) is 23.9. The third kappa shape index (κ3) is 11.3. The lowest BCUT2D eigenvalue weighted by Gasteiger charge is -2.24. The van der Waals surface area contributed by atoms with Crippen LogP contribution in [0.2, 0.25) is 0 Å². The molecule has 0 saturated carbocycles. The highest BCUT2D eigenvalue weighted by atomic mass is 19.1. The summed E-state index contributed by atoms with van der Waals surface area (Å²) in [5.41, 5.74) is -2.07. The molecule has 0 amide bonds. The van der Waals surface area contributed by atoms with Crippen LogP contribution in [0.3, 0.4) is 0 Å². The van der Waals surface area contributed by atoms with Crippen molar-refractivity contribution in [1.29, 1.82) is 0 Å². The average molecular weight is 555 g/mol. The van der Waals surface area contributed by atoms with Gasteiger partial charge in [0.25, 0.3) is 5.56 Å². The third-order valence-corrected chi connectivity index (χ3v) is 7.12. The molecule has 39 heavy (non-hydrogen) atoms. The second kappa shape index (κ2) is 18.0. The molecule has 1 aliphatic heterocycles. The quantitative estimate of drug-likeness (QED) is 0.172. The first-order valence-electron chi connectivity index (χ1n) is 14.8. The molecule has 1 N–H and O–H groups in total. The van der Waals surface area contributed by atoms with Crippen LogP contribution < -0.4 is 11.2 Å². The van der Waals surface area contributed by atoms with Gasteiger partial charge in [0.2, 0.25) is 5.82 Å². The Morgan fingerprint density at radius 2 is 1.28 bits per heavy atom. The second-order valence-electron chi connectivity index (χ2n) is 10.5. The Kier molecular flexibility index (Phi) is 15.1. The van der Waals surface area contributed by atoms with Crippen molar-refractivity contribution in [2.75, 3.05) is 0 Å². The van der Waals surface area contributed by atoms with Crippen molar-refractivity contribution in [3.63, 3.8) is 0 Å². The van der Waals surface area contributed by atoms with Crippen molar-refractivity contribution < 1.29 is 28.2 Å². The summed E-state index contributed by atoms with van der Waals surface area (Å²) < 4.78 is 32.1. The SMILES string of the molecule is CCCCCCCCCC(=O)O[C@@H]1[C@H](OC(=O)CCCCCCCCC)[C@@H](C)O[C@H]1n1cc(F)c(=O)[nH]c1=O. The highest BCUT2D eigenvalue weighted by Crippen LogP contribution is 2.33. The topological polar surface area (TPSA) is 117 Å². The van der Waals surface area contributed by atoms with Gasteiger partial charge >= 0.3 is 17.6 Å². The Morgan fingerprint density at radius 3 is 1.79 bits per heavy atom. The van der Waals surface area contributed by atoms with Crippen LogP contribution in [0, 0.1) is 5.82 Å². The number of aromatic nitrogens is 2. The van der Waals surface area contributed by atoms with Crippen LogP contribution in [0.4, 0.5) is 4.39 Å². The zero-order valence-corrected chi connectivity index (χ0v) is 23.9. The number of aromatic amines is 1. The molecule has 1 fully saturated rings. The fraction of sp³-hybridized carbons (Fsp3) is 0.793. The molecule has 1 aliphatic rings. The molecule has 1 aromatic heterocycles. The van der Waals surface area contributed by atoms with E-state index in [1.807, 2.05) is 4.98 Å². The predicted octanol–water partition coefficient (Wildman–Crippen LogP) is 5.70. The van der Waals surface area contributed by atoms with Crippen LogP contribution in [0.1, 0.15) is 130 Å². The summed E-state index contributed by atoms with van der Waals surface area (Å²) in [6.07, 6.45) is 11.6. The lowest BCUT2D eigenvalue weighted by Crippen LogP contribution is -2.42. The molecule has 0 aromatic carbocycles. The van der Waals surface area contributed by atoms with E-state index in [1.54, 1.807) is 6.92 Å². The standard InChI is InChI=1S/C29H47FN2O7/c1-4-6-8-10-12-14-16-18-23(33)38-25-21(3)37-28(32-20-22(30)27(35)31-29(32)36)26(25)39-24(34)19-17-15-13-11-9-7-5-2/h20-21,25-26,28H,4-19H2,1-3H3,(H,31,35,36)/t21-,25-,26-,28-/m1/s1. The Hall–Kier alpha value is -2.49. The third-order valence-electron chi connectivity index (χ3n) is 7.12. The number of nitrogens with zero attached hydrogens (tertiary/aromatic N) is 1. The van der Waals surface area contributed by atoms with Crippen LogP contribution in [0.25, 0.3) is 0 Å². The summed E-state index contributed by atoms with van der Waals surface area (Å²) in [7, 11) is 0. The minimum atomic E-state index is -1.26. The number of carbonyl (C=O) groups is 2. The second-order valence-corrected chi connectivity index (χ2v) is 10.5. The molecule has 0 radical (unpaired) electrons. The van der Waals surface area contributed by atoms with Gasteiger partial charge in [-0.2, -0.15) is 4.39 Å². The number of carbonyl (C=O) groups excluding carboxylic acids is 2. The summed E-state index contributed by atoms with van der Waals surface area (Å²) in [5, 5.41) is 0. The summed E-state index contributed by atoms with van der Waals surface area (Å²) >= 11 is 0. The van der Waals surface area contributed by atoms with E-state index in [0.717, 1.165) is 49.3 Å². The lowest BCUT2D eigenvalue weighted by molar-refractivity contribution is -0.168. The first kappa shape index (κ1) is 32.7. The van der Waals surface area contributed by atoms with Crippen molar-refractivity contribution in [3.05, 3.63) is 32.9 Å². The fourth-order valence-corrected chi connectivity index (χ4v) is 4.84. The highest BCUT2D eigenvalue weighted by molar-refractivity contribution is 5.70. The van der Waals surface area contributed by atoms with Gasteiger partial charge in [0.1, 0.15) is 0 Å². The van der Waals surface area contributed by atoms with Crippen molar-refractivity contribution >= 4 is 11.9 Å². The molecule has 222 valence electrons. The van der Waals surface area contributed by atoms with Gasteiger partial charge < -0.3 is 14.2 Å². The minimum Gasteiger partial charge on any atom is -0.455 e. The van der Waals surface area contributed by atoms with Gasteiger partial charge in [-0.1, -0.05) is 90.9 Å². The number of hydrogen-bond donors (Lipinski definition) is 1. The van der Waals surface area contributed by atoms with Crippen LogP contribution >= 0.6 is 0 Å². The van der Waals surface area contributed by atoms with Gasteiger partial charge in [-0.15, -0.1) is 0 Å². The lowest BCUT2D eigenvalue weighted by atomic mass is 10.1. The molecule has 0 bridgehead atoms. The molecule has 0 spiro atoms. The molecule has 0 unspecified atom stereocenters. The van der Waals surface area contributed by atoms with Gasteiger partial charge in [-0.05, 0) is 19.8 Å². The molecule has 1 aromatic rings. The van der Waals surface area contributed by atoms with E-state index in [1.165, 1.54) is 38.5 Å². The van der Waals surface area contributed by atoms with E-state index < -0.39 is 53.5 Å². The maximum atomic E-state index is 14.0. The number of H-pyrrole nitrogens is 1. The molecule has 9 nitrogen and oxygen atoms in total. The maximum Gasteiger partial charge on any atom is 0.330 e. The van der Waals surface area contributed by atoms with Gasteiger partial charge in [-0.25, -0.2) is 4.79 Å². The first-order valence-corrected chi connectivity index (χ1v) is 14.8. The monoisotopic (exact) mass is 554 g/mol. The summed E-state index contributed by atoms with van der Waals surface area (Å²) in [6.45, 7) is 5.96. The molecular weight excluding hydrogens is 507 g/mol. The van der Waals surface area contributed by atoms with Gasteiger partial charge in [0.05, 0.1) is 12.3 Å². The molecular formula is C29H47FN2O7. The van der Waals surface area contributed by atoms with Gasteiger partial charge in [-0.3, -0.25) is 23.9 Å². The number of esters is 2.